The van der Waals surface area contributed by atoms with Crippen molar-refractivity contribution in [1.82, 2.24) is 4.31 Å². The molecule has 1 aromatic heterocycles. The summed E-state index contributed by atoms with van der Waals surface area (Å²) in [5.41, 5.74) is 2.77. The van der Waals surface area contributed by atoms with E-state index in [0.29, 0.717) is 31.2 Å². The van der Waals surface area contributed by atoms with Crippen LogP contribution in [0.4, 0.5) is 5.82 Å². The van der Waals surface area contributed by atoms with Crippen LogP contribution in [0.2, 0.25) is 0 Å². The third-order valence-electron chi connectivity index (χ3n) is 5.89. The maximum Gasteiger partial charge on any atom is 0.274 e. The molecule has 7 nitrogen and oxygen atoms in total. The van der Waals surface area contributed by atoms with Gasteiger partial charge in [-0.1, -0.05) is 24.3 Å². The largest absolute Gasteiger partial charge is 0.379 e. The number of aromatic nitrogens is 1. The van der Waals surface area contributed by atoms with Crippen molar-refractivity contribution in [3.8, 4) is 0 Å². The van der Waals surface area contributed by atoms with Gasteiger partial charge in [-0.25, -0.2) is 13.4 Å². The summed E-state index contributed by atoms with van der Waals surface area (Å²) >= 11 is 0. The number of hydrogen-bond donors (Lipinski definition) is 1. The van der Waals surface area contributed by atoms with Gasteiger partial charge in [0.05, 0.1) is 13.2 Å². The van der Waals surface area contributed by atoms with Crippen LogP contribution < -0.4 is 14.8 Å². The maximum atomic E-state index is 12.8. The van der Waals surface area contributed by atoms with E-state index < -0.39 is 10.0 Å². The van der Waals surface area contributed by atoms with Gasteiger partial charge in [-0.05, 0) is 18.6 Å². The zero-order chi connectivity index (χ0) is 20.3. The molecule has 0 unspecified atom stereocenters. The van der Waals surface area contributed by atoms with Crippen LogP contribution in [0.3, 0.4) is 0 Å². The molecule has 2 aliphatic rings. The Morgan fingerprint density at radius 2 is 1.76 bits per heavy atom. The highest BCUT2D eigenvalue weighted by atomic mass is 32.2. The number of aryl methyl sites for hydroxylation is 1. The highest BCUT2D eigenvalue weighted by Crippen LogP contribution is 2.17. The maximum absolute atomic E-state index is 12.8. The molecule has 2 aliphatic heterocycles. The molecule has 0 atom stereocenters. The topological polar surface area (TPSA) is 68.4 Å². The Hall–Kier alpha value is -2.00. The number of H-pyrrole nitrogens is 1. The lowest BCUT2D eigenvalue weighted by molar-refractivity contribution is -0.914. The average Bonchev–Trinajstić information content (AvgIpc) is 2.77. The first-order chi connectivity index (χ1) is 14.0. The smallest absolute Gasteiger partial charge is 0.274 e. The molecule has 1 aromatic carbocycles. The Balaban J connectivity index is 1.36. The van der Waals surface area contributed by atoms with Crippen LogP contribution in [-0.4, -0.2) is 65.2 Å². The van der Waals surface area contributed by atoms with Crippen LogP contribution in [0.15, 0.2) is 47.5 Å². The third-order valence-corrected chi connectivity index (χ3v) is 7.78. The molecule has 3 heterocycles. The average molecular weight is 419 g/mol. The zero-order valence-corrected chi connectivity index (χ0v) is 17.7. The number of sulfonamides is 1. The van der Waals surface area contributed by atoms with Crippen molar-refractivity contribution in [2.24, 2.45) is 0 Å². The van der Waals surface area contributed by atoms with Crippen LogP contribution >= 0.6 is 0 Å². The first kappa shape index (κ1) is 20.3. The highest BCUT2D eigenvalue weighted by Gasteiger charge is 2.29. The first-order valence-corrected chi connectivity index (χ1v) is 11.7. The van der Waals surface area contributed by atoms with Gasteiger partial charge in [0.1, 0.15) is 43.8 Å². The Kier molecular flexibility index (Phi) is 6.15. The number of pyridine rings is 1. The number of nitrogens with one attached hydrogen (secondary N) is 2. The van der Waals surface area contributed by atoms with E-state index >= 15 is 0 Å². The summed E-state index contributed by atoms with van der Waals surface area (Å²) in [6, 6.07) is 12.2. The van der Waals surface area contributed by atoms with Gasteiger partial charge in [-0.2, -0.15) is 4.31 Å². The van der Waals surface area contributed by atoms with E-state index in [4.69, 9.17) is 4.74 Å². The van der Waals surface area contributed by atoms with Gasteiger partial charge in [0.25, 0.3) is 5.82 Å². The summed E-state index contributed by atoms with van der Waals surface area (Å²) < 4.78 is 32.3. The molecule has 0 amide bonds. The standard InChI is InChI=1S/C21H28N4O3S/c1-18-4-2-3-5-19(18)17-23-8-10-24(11-9-23)21-7-6-20(16-22-21)29(26,27)25-12-14-28-15-13-25/h2-7,16H,8-15,17H2,1H3/p+2. The number of benzene rings is 1. The normalized spacial score (nSPS) is 19.4. The molecule has 2 saturated heterocycles. The van der Waals surface area contributed by atoms with Gasteiger partial charge < -0.3 is 9.64 Å². The summed E-state index contributed by atoms with van der Waals surface area (Å²) in [5, 5.41) is 0. The Morgan fingerprint density at radius 1 is 1.03 bits per heavy atom. The van der Waals surface area contributed by atoms with Gasteiger partial charge in [0.15, 0.2) is 0 Å². The highest BCUT2D eigenvalue weighted by molar-refractivity contribution is 7.89. The second kappa shape index (κ2) is 8.79. The van der Waals surface area contributed by atoms with E-state index in [2.05, 4.69) is 41.1 Å². The molecule has 4 rings (SSSR count). The molecular formula is C21H30N4O3S+2. The first-order valence-electron chi connectivity index (χ1n) is 10.3. The second-order valence-corrected chi connectivity index (χ2v) is 9.70. The fourth-order valence-corrected chi connectivity index (χ4v) is 5.39. The number of morpholine rings is 1. The van der Waals surface area contributed by atoms with Crippen molar-refractivity contribution in [2.45, 2.75) is 18.4 Å². The lowest BCUT2D eigenvalue weighted by Gasteiger charge is -2.29. The summed E-state index contributed by atoms with van der Waals surface area (Å²) in [7, 11) is -3.46. The number of nitrogens with zero attached hydrogens (tertiary/aromatic N) is 2. The minimum Gasteiger partial charge on any atom is -0.379 e. The number of rotatable bonds is 5. The molecule has 0 saturated carbocycles. The summed E-state index contributed by atoms with van der Waals surface area (Å²) in [6.45, 7) is 9.00. The fourth-order valence-electron chi connectivity index (χ4n) is 4.01. The third kappa shape index (κ3) is 4.61. The van der Waals surface area contributed by atoms with Crippen molar-refractivity contribution >= 4 is 15.8 Å². The van der Waals surface area contributed by atoms with Crippen molar-refractivity contribution < 1.29 is 23.0 Å². The van der Waals surface area contributed by atoms with Gasteiger partial charge >= 0.3 is 0 Å². The molecule has 0 spiro atoms. The van der Waals surface area contributed by atoms with Crippen molar-refractivity contribution in [2.75, 3.05) is 57.4 Å². The van der Waals surface area contributed by atoms with Crippen molar-refractivity contribution in [3.05, 3.63) is 53.7 Å². The SMILES string of the molecule is Cc1ccccc1C[NH+]1CCN(c2ccc(S(=O)(=O)N3CCOCC3)c[nH+]2)CC1. The summed E-state index contributed by atoms with van der Waals surface area (Å²) in [4.78, 5) is 7.40. The predicted octanol–water partition coefficient (Wildman–Crippen LogP) is -0.265. The van der Waals surface area contributed by atoms with Gasteiger partial charge in [0.2, 0.25) is 10.0 Å². The lowest BCUT2D eigenvalue weighted by atomic mass is 10.1. The van der Waals surface area contributed by atoms with E-state index in [-0.39, 0.29) is 0 Å². The minimum absolute atomic E-state index is 0.312. The van der Waals surface area contributed by atoms with Gasteiger partial charge in [0, 0.05) is 24.7 Å². The van der Waals surface area contributed by atoms with E-state index in [9.17, 15) is 8.42 Å². The molecular weight excluding hydrogens is 388 g/mol. The van der Waals surface area contributed by atoms with Crippen molar-refractivity contribution in [3.63, 3.8) is 0 Å². The van der Waals surface area contributed by atoms with E-state index in [1.807, 2.05) is 6.07 Å². The zero-order valence-electron chi connectivity index (χ0n) is 16.9. The number of hydrogen-bond acceptors (Lipinski definition) is 4. The van der Waals surface area contributed by atoms with Gasteiger partial charge in [-0.3, -0.25) is 4.90 Å². The summed E-state index contributed by atoms with van der Waals surface area (Å²) in [6.07, 6.45) is 1.62. The van der Waals surface area contributed by atoms with Crippen LogP contribution in [-0.2, 0) is 21.3 Å². The Labute approximate surface area is 172 Å². The monoisotopic (exact) mass is 418 g/mol. The molecule has 156 valence electrons. The van der Waals surface area contributed by atoms with Crippen LogP contribution in [0.5, 0.6) is 0 Å². The molecule has 0 radical (unpaired) electrons. The van der Waals surface area contributed by atoms with Crippen LogP contribution in [0.1, 0.15) is 11.1 Å². The minimum atomic E-state index is -3.46. The van der Waals surface area contributed by atoms with Crippen LogP contribution in [0.25, 0.3) is 0 Å². The molecule has 2 aromatic rings. The number of ether oxygens (including phenoxy) is 1. The quantitative estimate of drug-likeness (QED) is 0.726. The number of quaternary nitrogens is 1. The van der Waals surface area contributed by atoms with E-state index in [0.717, 1.165) is 38.5 Å². The molecule has 29 heavy (non-hydrogen) atoms. The Morgan fingerprint density at radius 3 is 2.41 bits per heavy atom. The number of anilines is 1. The lowest BCUT2D eigenvalue weighted by Crippen LogP contribution is -3.13. The molecule has 0 aliphatic carbocycles. The predicted molar refractivity (Wildman–Crippen MR) is 110 cm³/mol. The van der Waals surface area contributed by atoms with E-state index in [1.54, 1.807) is 17.2 Å². The molecule has 8 heteroatoms. The summed E-state index contributed by atoms with van der Waals surface area (Å²) in [5.74, 6) is 0.973. The van der Waals surface area contributed by atoms with Crippen LogP contribution in [0, 0.1) is 6.92 Å². The molecule has 0 bridgehead atoms. The number of aromatic amines is 1. The van der Waals surface area contributed by atoms with Gasteiger partial charge in [-0.15, -0.1) is 0 Å². The Bertz CT molecular complexity index is 919. The van der Waals surface area contributed by atoms with Crippen molar-refractivity contribution in [1.29, 1.82) is 0 Å². The second-order valence-electron chi connectivity index (χ2n) is 7.77. The fraction of sp³-hybridized carbons (Fsp3) is 0.476. The van der Waals surface area contributed by atoms with E-state index in [1.165, 1.54) is 15.4 Å². The molecule has 2 N–H and O–H groups in total. The molecule has 2 fully saturated rings. The number of piperazine rings is 1.